The van der Waals surface area contributed by atoms with Gasteiger partial charge in [-0.25, -0.2) is 0 Å². The quantitative estimate of drug-likeness (QED) is 0.429. The monoisotopic (exact) mass is 214 g/mol. The number of hydrogen-bond donors (Lipinski definition) is 0. The zero-order valence-corrected chi connectivity index (χ0v) is 8.06. The summed E-state index contributed by atoms with van der Waals surface area (Å²) in [5.41, 5.74) is 0.0612. The van der Waals surface area contributed by atoms with Crippen molar-refractivity contribution in [2.24, 2.45) is 0 Å². The number of non-ortho nitro benzene ring substituents is 1. The van der Waals surface area contributed by atoms with Gasteiger partial charge in [-0.2, -0.15) is 0 Å². The molecule has 0 saturated carbocycles. The molecule has 0 atom stereocenters. The van der Waals surface area contributed by atoms with Crippen molar-refractivity contribution >= 4 is 23.4 Å². The molecule has 0 saturated heterocycles. The fraction of sp³-hybridized carbons (Fsp3) is 0.125. The lowest BCUT2D eigenvalue weighted by Crippen LogP contribution is -2.16. The van der Waals surface area contributed by atoms with Crippen LogP contribution in [0.1, 0.15) is 10.4 Å². The molecule has 0 aliphatic heterocycles. The summed E-state index contributed by atoms with van der Waals surface area (Å²) in [7, 11) is 1.36. The lowest BCUT2D eigenvalue weighted by atomic mass is 10.2. The van der Waals surface area contributed by atoms with Crippen molar-refractivity contribution in [2.45, 2.75) is 0 Å². The predicted molar refractivity (Wildman–Crippen MR) is 51.0 cm³/mol. The van der Waals surface area contributed by atoms with Crippen molar-refractivity contribution in [3.63, 3.8) is 0 Å². The van der Waals surface area contributed by atoms with Crippen molar-refractivity contribution < 1.29 is 9.72 Å². The molecule has 1 rings (SSSR count). The summed E-state index contributed by atoms with van der Waals surface area (Å²) in [4.78, 5) is 21.1. The molecule has 1 amide bonds. The number of hydrogen-bond acceptors (Lipinski definition) is 3. The summed E-state index contributed by atoms with van der Waals surface area (Å²) >= 11 is 5.41. The fourth-order valence-electron chi connectivity index (χ4n) is 0.930. The average Bonchev–Trinajstić information content (AvgIpc) is 2.16. The van der Waals surface area contributed by atoms with Crippen LogP contribution in [0, 0.1) is 10.1 Å². The summed E-state index contributed by atoms with van der Waals surface area (Å²) in [6, 6.07) is 5.40. The first kappa shape index (κ1) is 10.5. The molecule has 0 fully saturated rings. The SMILES string of the molecule is CN(Cl)C(=O)c1cccc([N+](=O)[O-])c1. The van der Waals surface area contributed by atoms with E-state index in [4.69, 9.17) is 11.8 Å². The molecule has 1 aromatic carbocycles. The van der Waals surface area contributed by atoms with Gasteiger partial charge in [0.05, 0.1) is 4.92 Å². The molecule has 0 spiro atoms. The highest BCUT2D eigenvalue weighted by molar-refractivity contribution is 6.23. The van der Waals surface area contributed by atoms with Crippen LogP contribution in [0.4, 0.5) is 5.69 Å². The summed E-state index contributed by atoms with van der Waals surface area (Å²) in [5, 5.41) is 10.4. The van der Waals surface area contributed by atoms with Gasteiger partial charge in [0.25, 0.3) is 11.6 Å². The largest absolute Gasteiger partial charge is 0.270 e. The second-order valence-corrected chi connectivity index (χ2v) is 3.10. The van der Waals surface area contributed by atoms with E-state index in [9.17, 15) is 14.9 Å². The van der Waals surface area contributed by atoms with Crippen LogP contribution >= 0.6 is 11.8 Å². The highest BCUT2D eigenvalue weighted by Gasteiger charge is 2.13. The Kier molecular flexibility index (Phi) is 3.03. The predicted octanol–water partition coefficient (Wildman–Crippen LogP) is 1.82. The number of rotatable bonds is 2. The molecule has 14 heavy (non-hydrogen) atoms. The van der Waals surface area contributed by atoms with Gasteiger partial charge in [0.15, 0.2) is 0 Å². The molecular formula is C8H7ClN2O3. The van der Waals surface area contributed by atoms with Gasteiger partial charge in [0, 0.05) is 36.5 Å². The number of amides is 1. The topological polar surface area (TPSA) is 63.5 Å². The van der Waals surface area contributed by atoms with Gasteiger partial charge in [0.1, 0.15) is 0 Å². The number of carbonyl (C=O) groups excluding carboxylic acids is 1. The smallest absolute Gasteiger partial charge is 0.268 e. The van der Waals surface area contributed by atoms with Crippen LogP contribution in [0.2, 0.25) is 0 Å². The number of carbonyl (C=O) groups is 1. The average molecular weight is 215 g/mol. The van der Waals surface area contributed by atoms with E-state index in [0.717, 1.165) is 4.42 Å². The summed E-state index contributed by atoms with van der Waals surface area (Å²) < 4.78 is 0.846. The van der Waals surface area contributed by atoms with Gasteiger partial charge in [-0.3, -0.25) is 19.3 Å². The van der Waals surface area contributed by atoms with Crippen molar-refractivity contribution in [3.05, 3.63) is 39.9 Å². The Bertz CT molecular complexity index is 379. The van der Waals surface area contributed by atoms with E-state index in [2.05, 4.69) is 0 Å². The van der Waals surface area contributed by atoms with E-state index in [1.807, 2.05) is 0 Å². The van der Waals surface area contributed by atoms with Gasteiger partial charge in [-0.15, -0.1) is 0 Å². The standard InChI is InChI=1S/C8H7ClN2O3/c1-10(9)8(12)6-3-2-4-7(5-6)11(13)14/h2-5H,1H3. The molecule has 0 unspecified atom stereocenters. The minimum atomic E-state index is -0.564. The van der Waals surface area contributed by atoms with Gasteiger partial charge >= 0.3 is 0 Å². The van der Waals surface area contributed by atoms with Crippen molar-refractivity contribution in [1.29, 1.82) is 0 Å². The Morgan fingerprint density at radius 3 is 2.71 bits per heavy atom. The van der Waals surface area contributed by atoms with Crippen molar-refractivity contribution in [1.82, 2.24) is 4.42 Å². The lowest BCUT2D eigenvalue weighted by Gasteiger charge is -2.05. The van der Waals surface area contributed by atoms with E-state index in [-0.39, 0.29) is 11.3 Å². The third-order valence-electron chi connectivity index (χ3n) is 1.58. The number of nitrogens with zero attached hydrogens (tertiary/aromatic N) is 2. The Morgan fingerprint density at radius 1 is 1.57 bits per heavy atom. The van der Waals surface area contributed by atoms with Crippen LogP contribution in [-0.4, -0.2) is 22.3 Å². The highest BCUT2D eigenvalue weighted by atomic mass is 35.5. The molecule has 0 aliphatic rings. The third-order valence-corrected chi connectivity index (χ3v) is 1.74. The normalized spacial score (nSPS) is 9.57. The molecule has 1 aromatic rings. The van der Waals surface area contributed by atoms with Gasteiger partial charge in [-0.05, 0) is 6.07 Å². The van der Waals surface area contributed by atoms with Crippen LogP contribution in [0.15, 0.2) is 24.3 Å². The Morgan fingerprint density at radius 2 is 2.21 bits per heavy atom. The van der Waals surface area contributed by atoms with Crippen LogP contribution < -0.4 is 0 Å². The minimum Gasteiger partial charge on any atom is -0.268 e. The first-order valence-corrected chi connectivity index (χ1v) is 4.04. The first-order valence-electron chi connectivity index (χ1n) is 3.70. The maximum Gasteiger partial charge on any atom is 0.270 e. The molecule has 0 heterocycles. The maximum absolute atomic E-state index is 11.3. The number of nitro benzene ring substituents is 1. The van der Waals surface area contributed by atoms with Crippen molar-refractivity contribution in [2.75, 3.05) is 7.05 Å². The Hall–Kier alpha value is -1.62. The molecule has 0 bridgehead atoms. The lowest BCUT2D eigenvalue weighted by molar-refractivity contribution is -0.384. The second-order valence-electron chi connectivity index (χ2n) is 2.59. The summed E-state index contributed by atoms with van der Waals surface area (Å²) in [5.74, 6) is -0.477. The molecule has 74 valence electrons. The van der Waals surface area contributed by atoms with Crippen molar-refractivity contribution in [3.8, 4) is 0 Å². The third kappa shape index (κ3) is 2.20. The van der Waals surface area contributed by atoms with E-state index in [0.29, 0.717) is 0 Å². The molecule has 0 aromatic heterocycles. The van der Waals surface area contributed by atoms with Crippen LogP contribution in [0.5, 0.6) is 0 Å². The number of halogens is 1. The Balaban J connectivity index is 3.06. The first-order chi connectivity index (χ1) is 6.52. The summed E-state index contributed by atoms with van der Waals surface area (Å²) in [6.07, 6.45) is 0. The molecule has 0 aliphatic carbocycles. The Labute approximate surface area is 85.2 Å². The van der Waals surface area contributed by atoms with Crippen LogP contribution in [0.3, 0.4) is 0 Å². The molecular weight excluding hydrogens is 208 g/mol. The zero-order valence-electron chi connectivity index (χ0n) is 7.31. The minimum absolute atomic E-state index is 0.130. The molecule has 6 heteroatoms. The van der Waals surface area contributed by atoms with Crippen LogP contribution in [0.25, 0.3) is 0 Å². The van der Waals surface area contributed by atoms with E-state index < -0.39 is 10.8 Å². The molecule has 5 nitrogen and oxygen atoms in total. The molecule has 0 radical (unpaired) electrons. The highest BCUT2D eigenvalue weighted by Crippen LogP contribution is 2.14. The summed E-state index contributed by atoms with van der Waals surface area (Å²) in [6.45, 7) is 0. The van der Waals surface area contributed by atoms with E-state index >= 15 is 0 Å². The zero-order chi connectivity index (χ0) is 10.7. The van der Waals surface area contributed by atoms with Gasteiger partial charge < -0.3 is 0 Å². The van der Waals surface area contributed by atoms with Gasteiger partial charge in [-0.1, -0.05) is 6.07 Å². The number of nitro groups is 1. The maximum atomic E-state index is 11.3. The van der Waals surface area contributed by atoms with E-state index in [1.165, 1.54) is 31.3 Å². The van der Waals surface area contributed by atoms with E-state index in [1.54, 1.807) is 0 Å². The fourth-order valence-corrected chi connectivity index (χ4v) is 1.03. The number of benzene rings is 1. The van der Waals surface area contributed by atoms with Gasteiger partial charge in [0.2, 0.25) is 0 Å². The van der Waals surface area contributed by atoms with Crippen LogP contribution in [-0.2, 0) is 0 Å². The second kappa shape index (κ2) is 4.06. The molecule has 0 N–H and O–H groups in total.